The van der Waals surface area contributed by atoms with Gasteiger partial charge in [-0.05, 0) is 36.1 Å². The van der Waals surface area contributed by atoms with Gasteiger partial charge in [0.2, 0.25) is 0 Å². The SMILES string of the molecule is O=C(c1ccccc1)C(O)(CCc1ccc(S(=O)(=O)O)cc1)c1ccccc1. The van der Waals surface area contributed by atoms with Crippen LogP contribution in [-0.2, 0) is 22.1 Å². The average molecular weight is 396 g/mol. The molecule has 0 saturated heterocycles. The van der Waals surface area contributed by atoms with Crippen molar-refractivity contribution in [3.63, 3.8) is 0 Å². The van der Waals surface area contributed by atoms with Gasteiger partial charge < -0.3 is 5.11 Å². The predicted molar refractivity (Wildman–Crippen MR) is 106 cm³/mol. The van der Waals surface area contributed by atoms with Crippen LogP contribution in [0.3, 0.4) is 0 Å². The molecule has 1 unspecified atom stereocenters. The lowest BCUT2D eigenvalue weighted by Crippen LogP contribution is -2.36. The third-order valence-corrected chi connectivity index (χ3v) is 5.53. The van der Waals surface area contributed by atoms with E-state index in [0.717, 1.165) is 5.56 Å². The van der Waals surface area contributed by atoms with Crippen molar-refractivity contribution in [2.24, 2.45) is 0 Å². The standard InChI is InChI=1S/C22H20O5S/c23-21(18-7-3-1-4-8-18)22(24,19-9-5-2-6-10-19)16-15-17-11-13-20(14-12-17)28(25,26)27/h1-14,24H,15-16H2,(H,25,26,27). The Balaban J connectivity index is 1.89. The Morgan fingerprint density at radius 2 is 1.36 bits per heavy atom. The molecule has 3 aromatic carbocycles. The summed E-state index contributed by atoms with van der Waals surface area (Å²) in [6.45, 7) is 0. The molecule has 3 aromatic rings. The summed E-state index contributed by atoms with van der Waals surface area (Å²) in [6.07, 6.45) is 0.464. The first-order chi connectivity index (χ1) is 13.3. The first-order valence-corrected chi connectivity index (χ1v) is 10.2. The molecule has 0 radical (unpaired) electrons. The van der Waals surface area contributed by atoms with Gasteiger partial charge in [0.1, 0.15) is 0 Å². The number of hydrogen-bond acceptors (Lipinski definition) is 4. The minimum atomic E-state index is -4.26. The summed E-state index contributed by atoms with van der Waals surface area (Å²) in [5.74, 6) is -0.395. The van der Waals surface area contributed by atoms with Gasteiger partial charge in [0.25, 0.3) is 10.1 Å². The Morgan fingerprint density at radius 3 is 1.89 bits per heavy atom. The van der Waals surface area contributed by atoms with Crippen LogP contribution in [-0.4, -0.2) is 23.9 Å². The number of ketones is 1. The molecule has 0 amide bonds. The lowest BCUT2D eigenvalue weighted by molar-refractivity contribution is 0.0253. The van der Waals surface area contributed by atoms with Crippen molar-refractivity contribution in [2.75, 3.05) is 0 Å². The zero-order valence-corrected chi connectivity index (χ0v) is 15.8. The van der Waals surface area contributed by atoms with Crippen LogP contribution in [0.2, 0.25) is 0 Å². The Bertz CT molecular complexity index is 1050. The normalized spacial score (nSPS) is 13.6. The maximum Gasteiger partial charge on any atom is 0.294 e. The molecule has 0 bridgehead atoms. The Kier molecular flexibility index (Phi) is 5.74. The van der Waals surface area contributed by atoms with Crippen molar-refractivity contribution >= 4 is 15.9 Å². The molecule has 2 N–H and O–H groups in total. The van der Waals surface area contributed by atoms with Crippen LogP contribution in [0.25, 0.3) is 0 Å². The maximum atomic E-state index is 13.1. The van der Waals surface area contributed by atoms with E-state index in [1.165, 1.54) is 12.1 Å². The second-order valence-corrected chi connectivity index (χ2v) is 7.96. The number of aryl methyl sites for hydroxylation is 1. The molecule has 0 heterocycles. The first kappa shape index (κ1) is 19.9. The highest BCUT2D eigenvalue weighted by molar-refractivity contribution is 7.85. The molecule has 5 nitrogen and oxygen atoms in total. The van der Waals surface area contributed by atoms with Crippen molar-refractivity contribution in [1.82, 2.24) is 0 Å². The molecule has 0 aliphatic rings. The van der Waals surface area contributed by atoms with E-state index in [0.29, 0.717) is 17.5 Å². The van der Waals surface area contributed by atoms with E-state index in [2.05, 4.69) is 0 Å². The quantitative estimate of drug-likeness (QED) is 0.470. The van der Waals surface area contributed by atoms with Gasteiger partial charge in [0.05, 0.1) is 4.90 Å². The average Bonchev–Trinajstić information content (AvgIpc) is 2.72. The molecule has 28 heavy (non-hydrogen) atoms. The lowest BCUT2D eigenvalue weighted by atomic mass is 9.81. The van der Waals surface area contributed by atoms with E-state index in [1.807, 2.05) is 6.07 Å². The molecule has 0 aliphatic heterocycles. The molecule has 6 heteroatoms. The second-order valence-electron chi connectivity index (χ2n) is 6.54. The second kappa shape index (κ2) is 8.06. The third-order valence-electron chi connectivity index (χ3n) is 4.66. The fourth-order valence-electron chi connectivity index (χ4n) is 3.08. The van der Waals surface area contributed by atoms with E-state index >= 15 is 0 Å². The summed E-state index contributed by atoms with van der Waals surface area (Å²) < 4.78 is 31.4. The van der Waals surface area contributed by atoms with Crippen LogP contribution in [0.4, 0.5) is 0 Å². The number of hydrogen-bond donors (Lipinski definition) is 2. The zero-order chi connectivity index (χ0) is 20.2. The van der Waals surface area contributed by atoms with Gasteiger partial charge in [0, 0.05) is 5.56 Å². The summed E-state index contributed by atoms with van der Waals surface area (Å²) in [7, 11) is -4.26. The number of aliphatic hydroxyl groups is 1. The molecule has 0 saturated carbocycles. The van der Waals surface area contributed by atoms with E-state index in [-0.39, 0.29) is 11.3 Å². The Labute approximate surface area is 164 Å². The third kappa shape index (κ3) is 4.36. The molecule has 0 spiro atoms. The van der Waals surface area contributed by atoms with E-state index in [9.17, 15) is 18.3 Å². The highest BCUT2D eigenvalue weighted by Gasteiger charge is 2.37. The zero-order valence-electron chi connectivity index (χ0n) is 15.0. The van der Waals surface area contributed by atoms with Crippen LogP contribution in [0.5, 0.6) is 0 Å². The maximum absolute atomic E-state index is 13.1. The van der Waals surface area contributed by atoms with Crippen molar-refractivity contribution in [2.45, 2.75) is 23.3 Å². The van der Waals surface area contributed by atoms with Gasteiger partial charge in [-0.2, -0.15) is 8.42 Å². The molecular weight excluding hydrogens is 376 g/mol. The Morgan fingerprint density at radius 1 is 0.821 bits per heavy atom. The summed E-state index contributed by atoms with van der Waals surface area (Å²) in [4.78, 5) is 12.9. The number of rotatable bonds is 7. The summed E-state index contributed by atoms with van der Waals surface area (Å²) >= 11 is 0. The van der Waals surface area contributed by atoms with E-state index < -0.39 is 21.5 Å². The van der Waals surface area contributed by atoms with Crippen LogP contribution >= 0.6 is 0 Å². The van der Waals surface area contributed by atoms with Gasteiger partial charge in [-0.1, -0.05) is 72.8 Å². The van der Waals surface area contributed by atoms with Crippen LogP contribution < -0.4 is 0 Å². The predicted octanol–water partition coefficient (Wildman–Crippen LogP) is 3.64. The first-order valence-electron chi connectivity index (χ1n) is 8.75. The van der Waals surface area contributed by atoms with E-state index in [1.54, 1.807) is 66.7 Å². The van der Waals surface area contributed by atoms with Gasteiger partial charge in [-0.15, -0.1) is 0 Å². The molecule has 144 valence electrons. The number of carbonyl (C=O) groups is 1. The van der Waals surface area contributed by atoms with Gasteiger partial charge >= 0.3 is 0 Å². The minimum absolute atomic E-state index is 0.121. The van der Waals surface area contributed by atoms with Crippen molar-refractivity contribution in [3.8, 4) is 0 Å². The Hall–Kier alpha value is -2.80. The molecule has 0 fully saturated rings. The molecule has 1 atom stereocenters. The monoisotopic (exact) mass is 396 g/mol. The summed E-state index contributed by atoms with van der Waals surface area (Å²) in [5, 5.41) is 11.4. The van der Waals surface area contributed by atoms with Crippen LogP contribution in [0.15, 0.2) is 89.8 Å². The molecular formula is C22H20O5S. The fourth-order valence-corrected chi connectivity index (χ4v) is 3.56. The van der Waals surface area contributed by atoms with E-state index in [4.69, 9.17) is 4.55 Å². The van der Waals surface area contributed by atoms with Gasteiger partial charge in [-0.25, -0.2) is 0 Å². The lowest BCUT2D eigenvalue weighted by Gasteiger charge is -2.27. The molecule has 3 rings (SSSR count). The number of benzene rings is 3. The van der Waals surface area contributed by atoms with Crippen LogP contribution in [0.1, 0.15) is 27.9 Å². The molecule has 0 aliphatic carbocycles. The fraction of sp³-hybridized carbons (Fsp3) is 0.136. The largest absolute Gasteiger partial charge is 0.377 e. The highest BCUT2D eigenvalue weighted by Crippen LogP contribution is 2.31. The molecule has 0 aromatic heterocycles. The topological polar surface area (TPSA) is 91.7 Å². The van der Waals surface area contributed by atoms with Crippen molar-refractivity contribution in [3.05, 3.63) is 102 Å². The highest BCUT2D eigenvalue weighted by atomic mass is 32.2. The van der Waals surface area contributed by atoms with Gasteiger partial charge in [-0.3, -0.25) is 9.35 Å². The number of carbonyl (C=O) groups excluding carboxylic acids is 1. The smallest absolute Gasteiger partial charge is 0.294 e. The van der Waals surface area contributed by atoms with Crippen LogP contribution in [0, 0.1) is 0 Å². The van der Waals surface area contributed by atoms with Crippen molar-refractivity contribution in [1.29, 1.82) is 0 Å². The van der Waals surface area contributed by atoms with Gasteiger partial charge in [0.15, 0.2) is 11.4 Å². The summed E-state index contributed by atoms with van der Waals surface area (Å²) in [5.41, 5.74) is -0.0683. The number of Topliss-reactive ketones (excluding diaryl/α,β-unsaturated/α-hetero) is 1. The summed E-state index contributed by atoms with van der Waals surface area (Å²) in [6, 6.07) is 23.1. The van der Waals surface area contributed by atoms with Crippen molar-refractivity contribution < 1.29 is 22.9 Å². The minimum Gasteiger partial charge on any atom is -0.377 e.